The van der Waals surface area contributed by atoms with Gasteiger partial charge in [0.15, 0.2) is 0 Å². The summed E-state index contributed by atoms with van der Waals surface area (Å²) in [5.74, 6) is 0. The first-order valence-corrected chi connectivity index (χ1v) is 8.25. The van der Waals surface area contributed by atoms with Crippen LogP contribution >= 0.6 is 0 Å². The predicted octanol–water partition coefficient (Wildman–Crippen LogP) is 0.798. The Hall–Kier alpha value is 0.127. The number of hydrogen-bond donors (Lipinski definition) is 0. The van der Waals surface area contributed by atoms with Crippen molar-refractivity contribution >= 4 is 16.8 Å². The van der Waals surface area contributed by atoms with Crippen LogP contribution in [0.2, 0.25) is 19.6 Å². The monoisotopic (exact) mass is 168 g/mol. The van der Waals surface area contributed by atoms with Crippen LogP contribution in [-0.4, -0.2) is 22.8 Å². The van der Waals surface area contributed by atoms with E-state index in [9.17, 15) is 8.42 Å². The molecule has 0 saturated carbocycles. The van der Waals surface area contributed by atoms with E-state index >= 15 is 0 Å². The molecule has 3 nitrogen and oxygen atoms in total. The lowest BCUT2D eigenvalue weighted by Crippen LogP contribution is -2.34. The predicted molar refractivity (Wildman–Crippen MR) is 39.3 cm³/mol. The molecule has 0 heterocycles. The average Bonchev–Trinajstić information content (AvgIpc) is 1.64. The highest BCUT2D eigenvalue weighted by Crippen LogP contribution is 2.11. The Morgan fingerprint density at radius 1 is 1.22 bits per heavy atom. The van der Waals surface area contributed by atoms with Gasteiger partial charge in [0.1, 0.15) is 0 Å². The van der Waals surface area contributed by atoms with Crippen molar-refractivity contribution in [2.24, 2.45) is 0 Å². The summed E-state index contributed by atoms with van der Waals surface area (Å²) >= 11 is 0. The van der Waals surface area contributed by atoms with Crippen molar-refractivity contribution in [3.05, 3.63) is 0 Å². The third kappa shape index (κ3) is 2.07. The largest absolute Gasteiger partial charge is 0.279 e. The Bertz CT molecular complexity index is 176. The van der Waals surface area contributed by atoms with Crippen LogP contribution in [0.5, 0.6) is 0 Å². The van der Waals surface area contributed by atoms with Crippen molar-refractivity contribution < 1.29 is 12.6 Å². The van der Waals surface area contributed by atoms with Gasteiger partial charge in [-0.2, -0.15) is 0 Å². The molecule has 0 aliphatic heterocycles. The van der Waals surface area contributed by atoms with Gasteiger partial charge in [-0.15, -0.1) is 0 Å². The lowest BCUT2D eigenvalue weighted by molar-refractivity contribution is 0.409. The molecule has 0 aliphatic rings. The standard InChI is InChI=1S/C4H12O3SSi/c1-7-8(5,6)9(2,3)4/h1-4H3. The summed E-state index contributed by atoms with van der Waals surface area (Å²) in [6.07, 6.45) is 0. The lowest BCUT2D eigenvalue weighted by atomic mass is 11.8. The van der Waals surface area contributed by atoms with Crippen molar-refractivity contribution in [1.29, 1.82) is 0 Å². The van der Waals surface area contributed by atoms with Crippen LogP contribution in [0.3, 0.4) is 0 Å². The molecule has 0 aliphatic carbocycles. The van der Waals surface area contributed by atoms with Crippen molar-refractivity contribution in [2.75, 3.05) is 7.11 Å². The van der Waals surface area contributed by atoms with Crippen LogP contribution in [0.25, 0.3) is 0 Å². The molecule has 0 N–H and O–H groups in total. The molecule has 0 unspecified atom stereocenters. The third-order valence-electron chi connectivity index (χ3n) is 0.969. The van der Waals surface area contributed by atoms with Crippen LogP contribution in [0.4, 0.5) is 0 Å². The van der Waals surface area contributed by atoms with E-state index in [4.69, 9.17) is 0 Å². The van der Waals surface area contributed by atoms with E-state index in [0.29, 0.717) is 0 Å². The van der Waals surface area contributed by atoms with Crippen molar-refractivity contribution in [2.45, 2.75) is 19.6 Å². The fourth-order valence-electron chi connectivity index (χ4n) is 0.250. The molecular weight excluding hydrogens is 156 g/mol. The molecule has 0 amide bonds. The van der Waals surface area contributed by atoms with Crippen molar-refractivity contribution in [1.82, 2.24) is 0 Å². The van der Waals surface area contributed by atoms with Crippen LogP contribution in [0, 0.1) is 0 Å². The Morgan fingerprint density at radius 2 is 1.56 bits per heavy atom. The summed E-state index contributed by atoms with van der Waals surface area (Å²) in [6.45, 7) is 5.18. The van der Waals surface area contributed by atoms with Gasteiger partial charge in [-0.25, -0.2) is 8.42 Å². The second-order valence-corrected chi connectivity index (χ2v) is 13.4. The minimum atomic E-state index is -3.20. The Labute approximate surface area is 56.8 Å². The van der Waals surface area contributed by atoms with E-state index in [1.807, 2.05) is 0 Å². The van der Waals surface area contributed by atoms with E-state index in [1.54, 1.807) is 19.6 Å². The van der Waals surface area contributed by atoms with E-state index < -0.39 is 16.8 Å². The van der Waals surface area contributed by atoms with E-state index in [1.165, 1.54) is 7.11 Å². The van der Waals surface area contributed by atoms with Crippen molar-refractivity contribution in [3.8, 4) is 0 Å². The normalized spacial score (nSPS) is 13.8. The van der Waals surface area contributed by atoms with Gasteiger partial charge in [0.05, 0.1) is 7.11 Å². The zero-order valence-corrected chi connectivity index (χ0v) is 7.95. The van der Waals surface area contributed by atoms with Gasteiger partial charge in [0, 0.05) is 0 Å². The Balaban J connectivity index is 4.57. The van der Waals surface area contributed by atoms with Gasteiger partial charge < -0.3 is 0 Å². The SMILES string of the molecule is COS(=O)(=O)[Si](C)(C)C. The molecule has 0 fully saturated rings. The van der Waals surface area contributed by atoms with Crippen LogP contribution < -0.4 is 0 Å². The number of hydrogen-bond acceptors (Lipinski definition) is 3. The molecule has 0 bridgehead atoms. The molecule has 0 saturated heterocycles. The second-order valence-electron chi connectivity index (χ2n) is 2.73. The zero-order chi connectivity index (χ0) is 7.71. The summed E-state index contributed by atoms with van der Waals surface area (Å²) in [4.78, 5) is 0. The fourth-order valence-corrected chi connectivity index (χ4v) is 2.25. The molecule has 0 spiro atoms. The minimum absolute atomic E-state index is 1.20. The van der Waals surface area contributed by atoms with Crippen LogP contribution in [-0.2, 0) is 13.8 Å². The molecule has 9 heavy (non-hydrogen) atoms. The molecule has 0 aromatic heterocycles. The maximum absolute atomic E-state index is 10.9. The zero-order valence-electron chi connectivity index (χ0n) is 6.13. The first kappa shape index (κ1) is 9.13. The summed E-state index contributed by atoms with van der Waals surface area (Å²) in [5, 5.41) is 0. The smallest absolute Gasteiger partial charge is 0.229 e. The highest BCUT2D eigenvalue weighted by atomic mass is 32.4. The second kappa shape index (κ2) is 2.40. The minimum Gasteiger partial charge on any atom is -0.279 e. The fraction of sp³-hybridized carbons (Fsp3) is 1.00. The van der Waals surface area contributed by atoms with Crippen LogP contribution in [0.1, 0.15) is 0 Å². The highest BCUT2D eigenvalue weighted by molar-refractivity contribution is 8.18. The van der Waals surface area contributed by atoms with Gasteiger partial charge >= 0.3 is 0 Å². The molecule has 0 radical (unpaired) electrons. The van der Waals surface area contributed by atoms with E-state index in [0.717, 1.165) is 0 Å². The summed E-state index contributed by atoms with van der Waals surface area (Å²) < 4.78 is 26.1. The molecule has 0 aromatic carbocycles. The van der Waals surface area contributed by atoms with Crippen LogP contribution in [0.15, 0.2) is 0 Å². The first-order valence-electron chi connectivity index (χ1n) is 2.61. The molecular formula is C4H12O3SSi. The molecule has 0 rings (SSSR count). The van der Waals surface area contributed by atoms with Crippen molar-refractivity contribution in [3.63, 3.8) is 0 Å². The maximum atomic E-state index is 10.9. The summed E-state index contributed by atoms with van der Waals surface area (Å²) in [7, 11) is -4.13. The summed E-state index contributed by atoms with van der Waals surface area (Å²) in [5.41, 5.74) is 0. The first-order chi connectivity index (χ1) is 3.81. The maximum Gasteiger partial charge on any atom is 0.229 e. The molecule has 56 valence electrons. The summed E-state index contributed by atoms with van der Waals surface area (Å²) in [6, 6.07) is 0. The van der Waals surface area contributed by atoms with E-state index in [-0.39, 0.29) is 0 Å². The van der Waals surface area contributed by atoms with E-state index in [2.05, 4.69) is 4.18 Å². The Kier molecular flexibility index (Phi) is 2.43. The van der Waals surface area contributed by atoms with Gasteiger partial charge in [0.25, 0.3) is 0 Å². The topological polar surface area (TPSA) is 43.4 Å². The molecule has 5 heteroatoms. The molecule has 0 aromatic rings. The Morgan fingerprint density at radius 3 is 1.56 bits per heavy atom. The van der Waals surface area contributed by atoms with Gasteiger partial charge in [-0.1, -0.05) is 19.6 Å². The molecule has 0 atom stereocenters. The van der Waals surface area contributed by atoms with Gasteiger partial charge in [-0.3, -0.25) is 4.18 Å². The highest BCUT2D eigenvalue weighted by Gasteiger charge is 2.31. The quantitative estimate of drug-likeness (QED) is 0.573. The third-order valence-corrected chi connectivity index (χ3v) is 7.91. The van der Waals surface area contributed by atoms with Gasteiger partial charge in [0.2, 0.25) is 16.8 Å². The lowest BCUT2D eigenvalue weighted by Gasteiger charge is -2.12. The average molecular weight is 168 g/mol. The van der Waals surface area contributed by atoms with Gasteiger partial charge in [-0.05, 0) is 0 Å². The number of rotatable bonds is 2.